The third-order valence-electron chi connectivity index (χ3n) is 8.47. The molecule has 5 rings (SSSR count). The largest absolute Gasteiger partial charge is 0.466 e. The summed E-state index contributed by atoms with van der Waals surface area (Å²) in [6.07, 6.45) is 5.02. The van der Waals surface area contributed by atoms with Gasteiger partial charge >= 0.3 is 5.97 Å². The number of esters is 1. The lowest BCUT2D eigenvalue weighted by Crippen LogP contribution is -2.13. The summed E-state index contributed by atoms with van der Waals surface area (Å²) in [6.45, 7) is 11.8. The highest BCUT2D eigenvalue weighted by Gasteiger charge is 2.19. The Balaban J connectivity index is 1.42. The van der Waals surface area contributed by atoms with Gasteiger partial charge in [0, 0.05) is 46.9 Å². The minimum absolute atomic E-state index is 0.0263. The van der Waals surface area contributed by atoms with E-state index in [1.807, 2.05) is 61.7 Å². The number of carbonyl (C=O) groups is 2. The van der Waals surface area contributed by atoms with Crippen LogP contribution in [0.25, 0.3) is 10.9 Å². The van der Waals surface area contributed by atoms with E-state index in [1.54, 1.807) is 0 Å². The van der Waals surface area contributed by atoms with E-state index in [0.29, 0.717) is 49.0 Å². The second-order valence-electron chi connectivity index (χ2n) is 13.3. The third kappa shape index (κ3) is 8.79. The molecule has 0 spiro atoms. The fraction of sp³-hybridized carbons (Fsp3) is 0.333. The monoisotopic (exact) mass is 628 g/mol. The molecule has 0 saturated heterocycles. The molecule has 244 valence electrons. The Labute approximate surface area is 280 Å². The molecule has 4 aromatic carbocycles. The molecule has 0 radical (unpaired) electrons. The van der Waals surface area contributed by atoms with Crippen molar-refractivity contribution in [3.05, 3.63) is 137 Å². The smallest absolute Gasteiger partial charge is 0.305 e. The number of anilines is 1. The van der Waals surface area contributed by atoms with Gasteiger partial charge in [-0.05, 0) is 78.5 Å². The van der Waals surface area contributed by atoms with Gasteiger partial charge in [-0.15, -0.1) is 0 Å². The van der Waals surface area contributed by atoms with Crippen LogP contribution in [0, 0.1) is 11.8 Å². The van der Waals surface area contributed by atoms with Crippen LogP contribution in [0.2, 0.25) is 0 Å². The number of carbonyl (C=O) groups excluding carboxylic acids is 2. The molecule has 0 atom stereocenters. The molecule has 0 saturated carbocycles. The van der Waals surface area contributed by atoms with Crippen molar-refractivity contribution in [2.24, 2.45) is 11.8 Å². The first kappa shape index (κ1) is 33.7. The van der Waals surface area contributed by atoms with E-state index < -0.39 is 0 Å². The van der Waals surface area contributed by atoms with E-state index in [-0.39, 0.29) is 17.8 Å². The van der Waals surface area contributed by atoms with Gasteiger partial charge in [0.05, 0.1) is 12.6 Å². The number of aryl methyl sites for hydroxylation is 1. The van der Waals surface area contributed by atoms with Crippen molar-refractivity contribution >= 4 is 28.3 Å². The molecular formula is C42H48N2O3. The van der Waals surface area contributed by atoms with Crippen molar-refractivity contribution in [1.82, 2.24) is 4.57 Å². The highest BCUT2D eigenvalue weighted by atomic mass is 16.5. The molecule has 5 nitrogen and oxygen atoms in total. The van der Waals surface area contributed by atoms with E-state index in [4.69, 9.17) is 4.74 Å². The minimum Gasteiger partial charge on any atom is -0.466 e. The Morgan fingerprint density at radius 2 is 1.38 bits per heavy atom. The van der Waals surface area contributed by atoms with Crippen molar-refractivity contribution in [3.8, 4) is 0 Å². The highest BCUT2D eigenvalue weighted by Crippen LogP contribution is 2.30. The Bertz CT molecular complexity index is 1730. The van der Waals surface area contributed by atoms with Crippen LogP contribution < -0.4 is 5.32 Å². The summed E-state index contributed by atoms with van der Waals surface area (Å²) < 4.78 is 7.17. The van der Waals surface area contributed by atoms with Crippen molar-refractivity contribution in [1.29, 1.82) is 0 Å². The normalized spacial score (nSPS) is 11.5. The van der Waals surface area contributed by atoms with Crippen LogP contribution in [0.3, 0.4) is 0 Å². The van der Waals surface area contributed by atoms with Crippen LogP contribution >= 0.6 is 0 Å². The molecule has 1 aromatic heterocycles. The molecule has 0 aliphatic rings. The maximum Gasteiger partial charge on any atom is 0.305 e. The number of fused-ring (bicyclic) bond motifs is 1. The van der Waals surface area contributed by atoms with Crippen LogP contribution in [-0.4, -0.2) is 22.9 Å². The zero-order valence-electron chi connectivity index (χ0n) is 28.5. The van der Waals surface area contributed by atoms with Crippen LogP contribution in [0.1, 0.15) is 91.7 Å². The number of para-hydroxylation sites is 1. The summed E-state index contributed by atoms with van der Waals surface area (Å²) in [6, 6.07) is 33.5. The van der Waals surface area contributed by atoms with Crippen molar-refractivity contribution < 1.29 is 14.3 Å². The standard InChI is InChI=1S/C42H48N2O3/c1-6-47-40(45)15-10-24-44-28-38(37-13-7-8-14-39(37)44)42(46)35-11-9-12-36(27-35)43-41(33-20-16-31(17-21-33)25-29(2)3)34-22-18-32(19-23-34)26-30(4)5/h7-9,11-14,16-23,27-30,41,43H,6,10,15,24-26H2,1-5H3. The fourth-order valence-corrected chi connectivity index (χ4v) is 6.31. The van der Waals surface area contributed by atoms with Crippen LogP contribution in [0.4, 0.5) is 5.69 Å². The lowest BCUT2D eigenvalue weighted by atomic mass is 9.93. The number of ether oxygens (including phenoxy) is 1. The Hall–Kier alpha value is -4.64. The Morgan fingerprint density at radius 1 is 0.766 bits per heavy atom. The van der Waals surface area contributed by atoms with Crippen LogP contribution in [0.5, 0.6) is 0 Å². The lowest BCUT2D eigenvalue weighted by Gasteiger charge is -2.22. The molecule has 0 aliphatic heterocycles. The van der Waals surface area contributed by atoms with Crippen molar-refractivity contribution in [2.45, 2.75) is 72.9 Å². The topological polar surface area (TPSA) is 60.3 Å². The summed E-state index contributed by atoms with van der Waals surface area (Å²) >= 11 is 0. The van der Waals surface area contributed by atoms with Crippen molar-refractivity contribution in [2.75, 3.05) is 11.9 Å². The average Bonchev–Trinajstić information content (AvgIpc) is 3.42. The second kappa shape index (κ2) is 15.8. The first-order valence-electron chi connectivity index (χ1n) is 17.0. The van der Waals surface area contributed by atoms with E-state index in [2.05, 4.69) is 86.1 Å². The average molecular weight is 629 g/mol. The molecule has 5 aromatic rings. The first-order chi connectivity index (χ1) is 22.7. The summed E-state index contributed by atoms with van der Waals surface area (Å²) in [7, 11) is 0. The molecule has 1 N–H and O–H groups in total. The quantitative estimate of drug-likeness (QED) is 0.0926. The zero-order valence-corrected chi connectivity index (χ0v) is 28.5. The summed E-state index contributed by atoms with van der Waals surface area (Å²) in [4.78, 5) is 26.0. The van der Waals surface area contributed by atoms with E-state index in [9.17, 15) is 9.59 Å². The van der Waals surface area contributed by atoms with Gasteiger partial charge in [-0.2, -0.15) is 0 Å². The molecule has 47 heavy (non-hydrogen) atoms. The minimum atomic E-state index is -0.194. The van der Waals surface area contributed by atoms with Gasteiger partial charge in [-0.3, -0.25) is 9.59 Å². The number of hydrogen-bond donors (Lipinski definition) is 1. The van der Waals surface area contributed by atoms with E-state index >= 15 is 0 Å². The molecular weight excluding hydrogens is 580 g/mol. The number of rotatable bonds is 15. The predicted octanol–water partition coefficient (Wildman–Crippen LogP) is 9.81. The van der Waals surface area contributed by atoms with Crippen LogP contribution in [-0.2, 0) is 28.9 Å². The first-order valence-corrected chi connectivity index (χ1v) is 17.0. The Morgan fingerprint density at radius 3 is 1.98 bits per heavy atom. The summed E-state index contributed by atoms with van der Waals surface area (Å²) in [5, 5.41) is 4.68. The lowest BCUT2D eigenvalue weighted by molar-refractivity contribution is -0.143. The highest BCUT2D eigenvalue weighted by molar-refractivity contribution is 6.16. The molecule has 0 amide bonds. The Kier molecular flexibility index (Phi) is 11.3. The molecule has 0 bridgehead atoms. The van der Waals surface area contributed by atoms with Gasteiger partial charge < -0.3 is 14.6 Å². The number of nitrogens with one attached hydrogen (secondary N) is 1. The summed E-state index contributed by atoms with van der Waals surface area (Å²) in [5.41, 5.74) is 8.18. The van der Waals surface area contributed by atoms with Gasteiger partial charge in [-0.25, -0.2) is 0 Å². The van der Waals surface area contributed by atoms with Gasteiger partial charge in [0.15, 0.2) is 5.78 Å². The van der Waals surface area contributed by atoms with Gasteiger partial charge in [0.1, 0.15) is 0 Å². The number of hydrogen-bond acceptors (Lipinski definition) is 4. The van der Waals surface area contributed by atoms with Crippen molar-refractivity contribution in [3.63, 3.8) is 0 Å². The number of benzene rings is 4. The van der Waals surface area contributed by atoms with E-state index in [0.717, 1.165) is 29.4 Å². The van der Waals surface area contributed by atoms with Gasteiger partial charge in [-0.1, -0.05) is 107 Å². The molecule has 5 heteroatoms. The molecule has 0 fully saturated rings. The van der Waals surface area contributed by atoms with Gasteiger partial charge in [0.2, 0.25) is 0 Å². The maximum atomic E-state index is 14.1. The fourth-order valence-electron chi connectivity index (χ4n) is 6.31. The number of ketones is 1. The SMILES string of the molecule is CCOC(=O)CCCn1cc(C(=O)c2cccc(NC(c3ccc(CC(C)C)cc3)c3ccc(CC(C)C)cc3)c2)c2ccccc21. The maximum absolute atomic E-state index is 14.1. The van der Waals surface area contributed by atoms with Crippen LogP contribution in [0.15, 0.2) is 103 Å². The third-order valence-corrected chi connectivity index (χ3v) is 8.47. The number of aromatic nitrogens is 1. The zero-order chi connectivity index (χ0) is 33.3. The molecule has 1 heterocycles. The number of nitrogens with zero attached hydrogens (tertiary/aromatic N) is 1. The van der Waals surface area contributed by atoms with Gasteiger partial charge in [0.25, 0.3) is 0 Å². The molecule has 0 aliphatic carbocycles. The summed E-state index contributed by atoms with van der Waals surface area (Å²) in [5.74, 6) is 0.979. The molecule has 0 unspecified atom stereocenters. The predicted molar refractivity (Wildman–Crippen MR) is 193 cm³/mol. The second-order valence-corrected chi connectivity index (χ2v) is 13.3. The van der Waals surface area contributed by atoms with E-state index in [1.165, 1.54) is 22.3 Å².